The molecule has 128 valence electrons. The van der Waals surface area contributed by atoms with E-state index in [1.165, 1.54) is 29.8 Å². The maximum absolute atomic E-state index is 11.5. The number of carbonyl (C=O) groups excluding carboxylic acids is 1. The fourth-order valence-corrected chi connectivity index (χ4v) is 3.50. The molecule has 0 aliphatic rings. The highest BCUT2D eigenvalue weighted by molar-refractivity contribution is 7.21. The Morgan fingerprint density at radius 2 is 2.12 bits per heavy atom. The summed E-state index contributed by atoms with van der Waals surface area (Å²) in [5, 5.41) is 19.1. The van der Waals surface area contributed by atoms with E-state index in [0.717, 1.165) is 10.4 Å². The first-order valence-corrected chi connectivity index (χ1v) is 8.83. The molecule has 2 heterocycles. The monoisotopic (exact) mass is 374 g/mol. The number of benzene rings is 1. The van der Waals surface area contributed by atoms with Crippen molar-refractivity contribution in [2.24, 2.45) is 5.10 Å². The van der Waals surface area contributed by atoms with Gasteiger partial charge in [-0.3, -0.25) is 10.7 Å². The van der Waals surface area contributed by atoms with Crippen molar-refractivity contribution in [1.29, 1.82) is 0 Å². The zero-order valence-electron chi connectivity index (χ0n) is 13.1. The van der Waals surface area contributed by atoms with Gasteiger partial charge in [0, 0.05) is 0 Å². The van der Waals surface area contributed by atoms with Crippen LogP contribution in [0.3, 0.4) is 0 Å². The third-order valence-corrected chi connectivity index (χ3v) is 4.80. The summed E-state index contributed by atoms with van der Waals surface area (Å²) in [4.78, 5) is 16.9. The highest BCUT2D eigenvalue weighted by Gasteiger charge is 2.16. The van der Waals surface area contributed by atoms with E-state index in [4.69, 9.17) is 0 Å². The van der Waals surface area contributed by atoms with Gasteiger partial charge in [0.1, 0.15) is 16.4 Å². The standard InChI is InChI=1S/C16H14N4O3S2/c1-23-16(22)19-14-13(12-3-2-8-24-12)18-15(25-14)20-17-9-10-4-6-11(21)7-5-10/h2-9,21H,1H3,(H,18,20)(H,19,22)/b17-9-. The number of amides is 1. The van der Waals surface area contributed by atoms with E-state index in [9.17, 15) is 9.90 Å². The molecule has 0 radical (unpaired) electrons. The Morgan fingerprint density at radius 3 is 2.80 bits per heavy atom. The van der Waals surface area contributed by atoms with E-state index in [1.807, 2.05) is 17.5 Å². The number of hydrogen-bond acceptors (Lipinski definition) is 8. The number of methoxy groups -OCH3 is 1. The third-order valence-electron chi connectivity index (χ3n) is 3.05. The molecular weight excluding hydrogens is 360 g/mol. The first-order valence-electron chi connectivity index (χ1n) is 7.13. The number of rotatable bonds is 5. The first-order chi connectivity index (χ1) is 12.2. The van der Waals surface area contributed by atoms with E-state index >= 15 is 0 Å². The Hall–Kier alpha value is -2.91. The Balaban J connectivity index is 1.78. The van der Waals surface area contributed by atoms with Crippen LogP contribution in [-0.4, -0.2) is 29.5 Å². The van der Waals surface area contributed by atoms with Gasteiger partial charge in [-0.2, -0.15) is 5.10 Å². The lowest BCUT2D eigenvalue weighted by molar-refractivity contribution is 0.187. The van der Waals surface area contributed by atoms with Crippen molar-refractivity contribution in [2.75, 3.05) is 17.9 Å². The van der Waals surface area contributed by atoms with Crippen LogP contribution in [0.4, 0.5) is 14.9 Å². The number of ether oxygens (including phenoxy) is 1. The minimum absolute atomic E-state index is 0.198. The predicted octanol–water partition coefficient (Wildman–Crippen LogP) is 4.20. The van der Waals surface area contributed by atoms with Crippen molar-refractivity contribution >= 4 is 45.1 Å². The summed E-state index contributed by atoms with van der Waals surface area (Å²) >= 11 is 2.78. The number of thiophene rings is 1. The van der Waals surface area contributed by atoms with Crippen LogP contribution in [0.5, 0.6) is 5.75 Å². The van der Waals surface area contributed by atoms with E-state index in [2.05, 4.69) is 25.6 Å². The topological polar surface area (TPSA) is 95.8 Å². The van der Waals surface area contributed by atoms with Crippen LogP contribution in [0, 0.1) is 0 Å². The van der Waals surface area contributed by atoms with Crippen molar-refractivity contribution in [3.05, 3.63) is 47.3 Å². The lowest BCUT2D eigenvalue weighted by atomic mass is 10.2. The number of carbonyl (C=O) groups is 1. The SMILES string of the molecule is COC(=O)Nc1sc(N/N=C\c2ccc(O)cc2)nc1-c1cccs1. The number of anilines is 2. The van der Waals surface area contributed by atoms with Gasteiger partial charge in [0.15, 0.2) is 0 Å². The zero-order valence-corrected chi connectivity index (χ0v) is 14.7. The molecule has 3 rings (SSSR count). The van der Waals surface area contributed by atoms with Gasteiger partial charge in [-0.25, -0.2) is 9.78 Å². The average Bonchev–Trinajstić information content (AvgIpc) is 3.26. The molecule has 1 aromatic carbocycles. The molecule has 0 bridgehead atoms. The molecule has 3 aromatic rings. The number of hydrogen-bond donors (Lipinski definition) is 3. The molecule has 1 amide bonds. The number of phenolic OH excluding ortho intramolecular Hbond substituents is 1. The summed E-state index contributed by atoms with van der Waals surface area (Å²) in [5.74, 6) is 0.198. The molecular formula is C16H14N4O3S2. The zero-order chi connectivity index (χ0) is 17.6. The quantitative estimate of drug-likeness (QED) is 0.459. The smallest absolute Gasteiger partial charge is 0.412 e. The van der Waals surface area contributed by atoms with Gasteiger partial charge in [-0.1, -0.05) is 17.4 Å². The molecule has 0 unspecified atom stereocenters. The largest absolute Gasteiger partial charge is 0.508 e. The second-order valence-corrected chi connectivity index (χ2v) is 6.70. The van der Waals surface area contributed by atoms with Gasteiger partial charge in [0.05, 0.1) is 18.2 Å². The second-order valence-electron chi connectivity index (χ2n) is 4.75. The minimum atomic E-state index is -0.555. The number of aromatic nitrogens is 1. The highest BCUT2D eigenvalue weighted by Crippen LogP contribution is 2.38. The van der Waals surface area contributed by atoms with Gasteiger partial charge in [0.25, 0.3) is 0 Å². The Morgan fingerprint density at radius 1 is 1.32 bits per heavy atom. The van der Waals surface area contributed by atoms with Gasteiger partial charge in [-0.15, -0.1) is 11.3 Å². The van der Waals surface area contributed by atoms with Crippen LogP contribution >= 0.6 is 22.7 Å². The summed E-state index contributed by atoms with van der Waals surface area (Å²) in [6.45, 7) is 0. The van der Waals surface area contributed by atoms with Crippen molar-refractivity contribution < 1.29 is 14.6 Å². The third kappa shape index (κ3) is 4.34. The Labute approximate surface area is 151 Å². The summed E-state index contributed by atoms with van der Waals surface area (Å²) < 4.78 is 4.65. The van der Waals surface area contributed by atoms with Crippen LogP contribution in [0.25, 0.3) is 10.6 Å². The highest BCUT2D eigenvalue weighted by atomic mass is 32.1. The maximum Gasteiger partial charge on any atom is 0.412 e. The number of nitrogens with one attached hydrogen (secondary N) is 2. The molecule has 3 N–H and O–H groups in total. The summed E-state index contributed by atoms with van der Waals surface area (Å²) in [5.41, 5.74) is 4.34. The van der Waals surface area contributed by atoms with Gasteiger partial charge >= 0.3 is 6.09 Å². The Kier molecular flexibility index (Phi) is 5.26. The molecule has 0 atom stereocenters. The molecule has 9 heteroatoms. The minimum Gasteiger partial charge on any atom is -0.508 e. The predicted molar refractivity (Wildman–Crippen MR) is 101 cm³/mol. The molecule has 0 fully saturated rings. The normalized spacial score (nSPS) is 10.8. The molecule has 25 heavy (non-hydrogen) atoms. The van der Waals surface area contributed by atoms with Crippen molar-refractivity contribution in [1.82, 2.24) is 4.98 Å². The molecule has 0 saturated heterocycles. The maximum atomic E-state index is 11.5. The fourth-order valence-electron chi connectivity index (χ4n) is 1.90. The van der Waals surface area contributed by atoms with E-state index in [1.54, 1.807) is 30.5 Å². The first kappa shape index (κ1) is 16.9. The molecule has 2 aromatic heterocycles. The Bertz CT molecular complexity index is 873. The molecule has 0 aliphatic heterocycles. The van der Waals surface area contributed by atoms with Crippen LogP contribution < -0.4 is 10.7 Å². The lowest BCUT2D eigenvalue weighted by Crippen LogP contribution is -2.10. The summed E-state index contributed by atoms with van der Waals surface area (Å²) in [6.07, 6.45) is 1.06. The number of thiazole rings is 1. The molecule has 0 aliphatic carbocycles. The lowest BCUT2D eigenvalue weighted by Gasteiger charge is -2.01. The number of hydrazone groups is 1. The number of phenols is 1. The van der Waals surface area contributed by atoms with Crippen molar-refractivity contribution in [3.63, 3.8) is 0 Å². The van der Waals surface area contributed by atoms with Crippen LogP contribution in [0.1, 0.15) is 5.56 Å². The van der Waals surface area contributed by atoms with Crippen LogP contribution in [-0.2, 0) is 4.74 Å². The summed E-state index contributed by atoms with van der Waals surface area (Å²) in [6, 6.07) is 10.5. The van der Waals surface area contributed by atoms with E-state index in [0.29, 0.717) is 15.8 Å². The van der Waals surface area contributed by atoms with E-state index in [-0.39, 0.29) is 5.75 Å². The molecule has 7 nitrogen and oxygen atoms in total. The number of nitrogens with zero attached hydrogens (tertiary/aromatic N) is 2. The number of aromatic hydroxyl groups is 1. The average molecular weight is 374 g/mol. The summed E-state index contributed by atoms with van der Waals surface area (Å²) in [7, 11) is 1.31. The van der Waals surface area contributed by atoms with Crippen molar-refractivity contribution in [3.8, 4) is 16.3 Å². The van der Waals surface area contributed by atoms with Crippen LogP contribution in [0.15, 0.2) is 46.9 Å². The van der Waals surface area contributed by atoms with Gasteiger partial charge < -0.3 is 9.84 Å². The van der Waals surface area contributed by atoms with Crippen molar-refractivity contribution in [2.45, 2.75) is 0 Å². The molecule has 0 saturated carbocycles. The second kappa shape index (κ2) is 7.77. The van der Waals surface area contributed by atoms with E-state index < -0.39 is 6.09 Å². The van der Waals surface area contributed by atoms with Gasteiger partial charge in [-0.05, 0) is 41.3 Å². The molecule has 0 spiro atoms. The van der Waals surface area contributed by atoms with Crippen LogP contribution in [0.2, 0.25) is 0 Å². The van der Waals surface area contributed by atoms with Gasteiger partial charge in [0.2, 0.25) is 5.13 Å². The fraction of sp³-hybridized carbons (Fsp3) is 0.0625.